The predicted molar refractivity (Wildman–Crippen MR) is 95.3 cm³/mol. The van der Waals surface area contributed by atoms with Gasteiger partial charge in [0.1, 0.15) is 5.82 Å². The highest BCUT2D eigenvalue weighted by Crippen LogP contribution is 2.19. The van der Waals surface area contributed by atoms with Gasteiger partial charge in [-0.3, -0.25) is 4.79 Å². The van der Waals surface area contributed by atoms with Crippen molar-refractivity contribution in [2.75, 3.05) is 26.4 Å². The average molecular weight is 410 g/mol. The molecular formula is C17H22F4N2O3S. The van der Waals surface area contributed by atoms with Crippen molar-refractivity contribution in [3.05, 3.63) is 35.1 Å². The number of aliphatic carboxylic acids is 1. The number of carboxylic acids is 1. The quantitative estimate of drug-likeness (QED) is 0.747. The molecule has 1 aromatic rings. The normalized spacial score (nSPS) is 17.1. The van der Waals surface area contributed by atoms with Gasteiger partial charge in [0, 0.05) is 30.4 Å². The zero-order chi connectivity index (χ0) is 20.6. The van der Waals surface area contributed by atoms with Crippen LogP contribution in [-0.2, 0) is 10.5 Å². The van der Waals surface area contributed by atoms with Gasteiger partial charge >= 0.3 is 12.1 Å². The van der Waals surface area contributed by atoms with E-state index in [1.807, 2.05) is 18.2 Å². The summed E-state index contributed by atoms with van der Waals surface area (Å²) in [6.45, 7) is 1.51. The fourth-order valence-electron chi connectivity index (χ4n) is 2.55. The van der Waals surface area contributed by atoms with Crippen LogP contribution in [0.25, 0.3) is 0 Å². The maximum Gasteiger partial charge on any atom is 0.490 e. The molecule has 0 aromatic heterocycles. The summed E-state index contributed by atoms with van der Waals surface area (Å²) in [6.07, 6.45) is -1.05. The maximum absolute atomic E-state index is 13.6. The number of carbonyl (C=O) groups is 2. The number of rotatable bonds is 4. The molecule has 1 aliphatic heterocycles. The van der Waals surface area contributed by atoms with Gasteiger partial charge in [-0.15, -0.1) is 0 Å². The molecule has 1 aromatic carbocycles. The van der Waals surface area contributed by atoms with Crippen LogP contribution in [0.5, 0.6) is 0 Å². The summed E-state index contributed by atoms with van der Waals surface area (Å²) in [7, 11) is 1.92. The van der Waals surface area contributed by atoms with E-state index in [4.69, 9.17) is 9.90 Å². The van der Waals surface area contributed by atoms with E-state index in [2.05, 4.69) is 5.32 Å². The SMILES string of the molecule is CNC1CCCN(C(=O)c2ccc(F)c(CSC)c2)C1.O=C(O)C(F)(F)F. The molecule has 1 saturated heterocycles. The van der Waals surface area contributed by atoms with Gasteiger partial charge in [-0.25, -0.2) is 9.18 Å². The lowest BCUT2D eigenvalue weighted by Gasteiger charge is -2.32. The molecule has 5 nitrogen and oxygen atoms in total. The molecule has 1 aliphatic rings. The van der Waals surface area contributed by atoms with Crippen LogP contribution in [0.15, 0.2) is 18.2 Å². The van der Waals surface area contributed by atoms with Crippen LogP contribution in [0.2, 0.25) is 0 Å². The van der Waals surface area contributed by atoms with Crippen molar-refractivity contribution in [3.8, 4) is 0 Å². The molecule has 0 saturated carbocycles. The van der Waals surface area contributed by atoms with Crippen LogP contribution in [0.3, 0.4) is 0 Å². The number of nitrogens with one attached hydrogen (secondary N) is 1. The zero-order valence-corrected chi connectivity index (χ0v) is 15.8. The summed E-state index contributed by atoms with van der Waals surface area (Å²) < 4.78 is 45.4. The van der Waals surface area contributed by atoms with E-state index in [1.54, 1.807) is 23.9 Å². The van der Waals surface area contributed by atoms with Gasteiger partial charge in [0.25, 0.3) is 5.91 Å². The zero-order valence-electron chi connectivity index (χ0n) is 15.0. The van der Waals surface area contributed by atoms with Gasteiger partial charge in [0.15, 0.2) is 0 Å². The highest BCUT2D eigenvalue weighted by atomic mass is 32.2. The van der Waals surface area contributed by atoms with E-state index >= 15 is 0 Å². The monoisotopic (exact) mass is 410 g/mol. The van der Waals surface area contributed by atoms with Gasteiger partial charge < -0.3 is 15.3 Å². The van der Waals surface area contributed by atoms with Gasteiger partial charge in [-0.2, -0.15) is 24.9 Å². The Kier molecular flexibility index (Phi) is 9.04. The summed E-state index contributed by atoms with van der Waals surface area (Å²) in [4.78, 5) is 23.3. The molecule has 0 spiro atoms. The summed E-state index contributed by atoms with van der Waals surface area (Å²) in [5, 5.41) is 10.3. The number of carbonyl (C=O) groups excluding carboxylic acids is 1. The Labute approximate surface area is 159 Å². The molecule has 2 rings (SSSR count). The first-order valence-electron chi connectivity index (χ1n) is 8.14. The second-order valence-electron chi connectivity index (χ2n) is 5.92. The van der Waals surface area contributed by atoms with Gasteiger partial charge in [0.2, 0.25) is 0 Å². The first-order chi connectivity index (χ1) is 12.6. The number of nitrogens with zero attached hydrogens (tertiary/aromatic N) is 1. The average Bonchev–Trinajstić information content (AvgIpc) is 2.63. The number of hydrogen-bond donors (Lipinski definition) is 2. The van der Waals surface area contributed by atoms with Crippen molar-refractivity contribution in [3.63, 3.8) is 0 Å². The molecule has 1 atom stereocenters. The van der Waals surface area contributed by atoms with Crippen LogP contribution >= 0.6 is 11.8 Å². The van der Waals surface area contributed by atoms with Crippen molar-refractivity contribution in [2.45, 2.75) is 30.8 Å². The van der Waals surface area contributed by atoms with E-state index < -0.39 is 12.1 Å². The molecule has 10 heteroatoms. The van der Waals surface area contributed by atoms with Crippen LogP contribution in [0.1, 0.15) is 28.8 Å². The Morgan fingerprint density at radius 3 is 2.52 bits per heavy atom. The van der Waals surface area contributed by atoms with Crippen LogP contribution in [0.4, 0.5) is 17.6 Å². The first-order valence-corrected chi connectivity index (χ1v) is 9.53. The number of alkyl halides is 3. The standard InChI is InChI=1S/C15H21FN2OS.C2HF3O2/c1-17-13-4-3-7-18(9-13)15(19)11-5-6-14(16)12(8-11)10-20-2;3-2(4,5)1(6)7/h5-6,8,13,17H,3-4,7,9-10H2,1-2H3;(H,6,7). The number of likely N-dealkylation sites (tertiary alicyclic amines) is 1. The maximum atomic E-state index is 13.6. The van der Waals surface area contributed by atoms with Crippen LogP contribution < -0.4 is 5.32 Å². The van der Waals surface area contributed by atoms with Crippen molar-refractivity contribution < 1.29 is 32.3 Å². The third-order valence-corrected chi connectivity index (χ3v) is 4.55. The van der Waals surface area contributed by atoms with Crippen LogP contribution in [0, 0.1) is 5.82 Å². The molecule has 152 valence electrons. The van der Waals surface area contributed by atoms with E-state index in [-0.39, 0.29) is 11.7 Å². The third-order valence-electron chi connectivity index (χ3n) is 3.95. The number of likely N-dealkylation sites (N-methyl/N-ethyl adjacent to an activating group) is 1. The van der Waals surface area contributed by atoms with Gasteiger partial charge in [-0.1, -0.05) is 0 Å². The highest BCUT2D eigenvalue weighted by Gasteiger charge is 2.38. The highest BCUT2D eigenvalue weighted by molar-refractivity contribution is 7.97. The smallest absolute Gasteiger partial charge is 0.475 e. The number of halogens is 4. The Hall–Kier alpha value is -1.81. The molecule has 1 amide bonds. The predicted octanol–water partition coefficient (Wildman–Crippen LogP) is 3.15. The summed E-state index contributed by atoms with van der Waals surface area (Å²) >= 11 is 1.55. The molecule has 1 fully saturated rings. The number of thioether (sulfide) groups is 1. The molecule has 0 radical (unpaired) electrons. The fraction of sp³-hybridized carbons (Fsp3) is 0.529. The lowest BCUT2D eigenvalue weighted by Crippen LogP contribution is -2.46. The van der Waals surface area contributed by atoms with E-state index in [9.17, 15) is 22.4 Å². The Balaban J connectivity index is 0.000000445. The minimum atomic E-state index is -5.08. The number of carboxylic acid groups (broad SMARTS) is 1. The number of piperidine rings is 1. The Morgan fingerprint density at radius 1 is 1.37 bits per heavy atom. The molecule has 0 bridgehead atoms. The molecule has 0 aliphatic carbocycles. The summed E-state index contributed by atoms with van der Waals surface area (Å²) in [5.74, 6) is -2.39. The lowest BCUT2D eigenvalue weighted by molar-refractivity contribution is -0.192. The third kappa shape index (κ3) is 7.37. The second kappa shape index (κ2) is 10.5. The number of amides is 1. The largest absolute Gasteiger partial charge is 0.490 e. The Bertz CT molecular complexity index is 656. The molecule has 2 N–H and O–H groups in total. The molecular weight excluding hydrogens is 388 g/mol. The fourth-order valence-corrected chi connectivity index (χ4v) is 3.09. The number of hydrogen-bond acceptors (Lipinski definition) is 4. The molecule has 1 unspecified atom stereocenters. The lowest BCUT2D eigenvalue weighted by atomic mass is 10.0. The summed E-state index contributed by atoms with van der Waals surface area (Å²) in [5.41, 5.74) is 1.19. The van der Waals surface area contributed by atoms with Crippen LogP contribution in [-0.4, -0.2) is 60.5 Å². The Morgan fingerprint density at radius 2 is 2.00 bits per heavy atom. The summed E-state index contributed by atoms with van der Waals surface area (Å²) in [6, 6.07) is 5.04. The second-order valence-corrected chi connectivity index (χ2v) is 6.79. The van der Waals surface area contributed by atoms with E-state index in [0.29, 0.717) is 22.9 Å². The topological polar surface area (TPSA) is 69.6 Å². The van der Waals surface area contributed by atoms with E-state index in [1.165, 1.54) is 6.07 Å². The van der Waals surface area contributed by atoms with Crippen molar-refractivity contribution in [1.29, 1.82) is 0 Å². The number of benzene rings is 1. The molecule has 27 heavy (non-hydrogen) atoms. The first kappa shape index (κ1) is 23.2. The minimum Gasteiger partial charge on any atom is -0.475 e. The van der Waals surface area contributed by atoms with Crippen molar-refractivity contribution in [1.82, 2.24) is 10.2 Å². The molecule has 1 heterocycles. The van der Waals surface area contributed by atoms with Gasteiger partial charge in [0.05, 0.1) is 0 Å². The van der Waals surface area contributed by atoms with Gasteiger partial charge in [-0.05, 0) is 49.9 Å². The minimum absolute atomic E-state index is 0.00676. The van der Waals surface area contributed by atoms with E-state index in [0.717, 1.165) is 25.9 Å². The van der Waals surface area contributed by atoms with Crippen molar-refractivity contribution in [2.24, 2.45) is 0 Å². The van der Waals surface area contributed by atoms with Crippen molar-refractivity contribution >= 4 is 23.6 Å².